The zero-order valence-electron chi connectivity index (χ0n) is 30.9. The van der Waals surface area contributed by atoms with Gasteiger partial charge >= 0.3 is 99.8 Å². The summed E-state index contributed by atoms with van der Waals surface area (Å²) in [5.41, 5.74) is 4.43. The van der Waals surface area contributed by atoms with Crippen LogP contribution in [-0.4, -0.2) is 23.2 Å². The van der Waals surface area contributed by atoms with E-state index in [2.05, 4.69) is 51.5 Å². The van der Waals surface area contributed by atoms with Gasteiger partial charge in [-0.15, -0.1) is 0 Å². The number of hydrogen-bond acceptors (Lipinski definition) is 4. The second-order valence-electron chi connectivity index (χ2n) is 11.7. The molecule has 0 fully saturated rings. The van der Waals surface area contributed by atoms with Gasteiger partial charge in [-0.2, -0.15) is 0 Å². The molecule has 0 amide bonds. The third-order valence-corrected chi connectivity index (χ3v) is 11.9. The van der Waals surface area contributed by atoms with Gasteiger partial charge in [-0.3, -0.25) is 0 Å². The third-order valence-electron chi connectivity index (χ3n) is 7.68. The van der Waals surface area contributed by atoms with Crippen molar-refractivity contribution >= 4 is 61.5 Å². The van der Waals surface area contributed by atoms with Gasteiger partial charge in [-0.1, -0.05) is 59.7 Å². The summed E-state index contributed by atoms with van der Waals surface area (Å²) in [5, 5.41) is 3.43. The van der Waals surface area contributed by atoms with Gasteiger partial charge in [0.05, 0.1) is 11.2 Å². The molecule has 0 N–H and O–H groups in total. The van der Waals surface area contributed by atoms with E-state index >= 15 is 0 Å². The van der Waals surface area contributed by atoms with E-state index in [0.717, 1.165) is 39.0 Å². The summed E-state index contributed by atoms with van der Waals surface area (Å²) in [6, 6.07) is 35.2. The maximum atomic E-state index is 7.91. The largest absolute Gasteiger partial charge is 0 e. The van der Waals surface area contributed by atoms with Crippen molar-refractivity contribution in [1.82, 2.24) is 9.97 Å². The van der Waals surface area contributed by atoms with Crippen LogP contribution < -0.4 is 4.40 Å². The molecule has 0 spiro atoms. The summed E-state index contributed by atoms with van der Waals surface area (Å²) in [4.78, 5) is 8.86. The van der Waals surface area contributed by atoms with E-state index in [-0.39, 0.29) is 36.9 Å². The van der Waals surface area contributed by atoms with Crippen LogP contribution in [0.3, 0.4) is 0 Å². The number of aromatic nitrogens is 2. The van der Waals surface area contributed by atoms with E-state index in [1.165, 1.54) is 10.5 Å². The Morgan fingerprint density at radius 2 is 1.40 bits per heavy atom. The molecule has 0 bridgehead atoms. The van der Waals surface area contributed by atoms with Gasteiger partial charge in [0.2, 0.25) is 0 Å². The maximum absolute atomic E-state index is 7.91. The Morgan fingerprint density at radius 1 is 0.711 bits per heavy atom. The second kappa shape index (κ2) is 12.4. The first-order valence-corrected chi connectivity index (χ1v) is 21.7. The minimum atomic E-state index is -2.64. The fraction of sp³-hybridized carbons (Fsp3) is 0.128. The molecule has 1 radical (unpaired) electrons. The van der Waals surface area contributed by atoms with Gasteiger partial charge in [0.25, 0.3) is 0 Å². The zero-order valence-corrected chi connectivity index (χ0v) is 29.4. The predicted octanol–water partition coefficient (Wildman–Crippen LogP) is 10.1. The minimum Gasteiger partial charge on any atom is 0 e. The summed E-state index contributed by atoms with van der Waals surface area (Å²) < 4.78 is 60.7. The molecule has 8 aromatic rings. The molecule has 225 valence electrons. The molecule has 0 unspecified atom stereocenters. The van der Waals surface area contributed by atoms with Crippen LogP contribution in [0.1, 0.15) is 19.4 Å². The third kappa shape index (κ3) is 5.88. The van der Waals surface area contributed by atoms with Gasteiger partial charge in [0, 0.05) is 39.9 Å². The molecule has 4 aromatic carbocycles. The summed E-state index contributed by atoms with van der Waals surface area (Å²) in [6.45, 7) is -5.26. The van der Waals surface area contributed by atoms with Crippen LogP contribution in [0.4, 0.5) is 0 Å². The monoisotopic (exact) mass is 833 g/mol. The van der Waals surface area contributed by atoms with Crippen LogP contribution in [0.25, 0.3) is 66.4 Å². The molecule has 4 nitrogen and oxygen atoms in total. The van der Waals surface area contributed by atoms with Crippen molar-refractivity contribution in [2.75, 3.05) is 0 Å². The molecule has 8 rings (SSSR count). The Labute approximate surface area is 287 Å². The van der Waals surface area contributed by atoms with Crippen molar-refractivity contribution < 1.29 is 37.2 Å². The molecule has 4 aromatic heterocycles. The van der Waals surface area contributed by atoms with Gasteiger partial charge in [0.15, 0.2) is 0 Å². The first kappa shape index (κ1) is 24.2. The quantitative estimate of drug-likeness (QED) is 0.132. The Balaban J connectivity index is 0.000000222. The van der Waals surface area contributed by atoms with Crippen molar-refractivity contribution in [1.29, 1.82) is 0 Å². The first-order valence-electron chi connectivity index (χ1n) is 17.3. The zero-order chi connectivity index (χ0) is 35.4. The van der Waals surface area contributed by atoms with Crippen molar-refractivity contribution in [2.45, 2.75) is 31.0 Å². The van der Waals surface area contributed by atoms with Crippen LogP contribution in [0.15, 0.2) is 112 Å². The SMILES string of the molecule is [2H]C([2H])([2H])c1cnc(-c2[c-]c3oc4ccccc4c3c3c2oc2ccccc23)cc1C([2H])([2H])[2H].[CH3][Ge]([CH3])([CH3])[c]1ccc(-c2[c-]cccc2)nc1.[Ir]. The fourth-order valence-corrected chi connectivity index (χ4v) is 7.52. The molecule has 45 heavy (non-hydrogen) atoms. The Kier molecular flexibility index (Phi) is 6.68. The summed E-state index contributed by atoms with van der Waals surface area (Å²) in [5.74, 6) is 7.14. The topological polar surface area (TPSA) is 52.1 Å². The van der Waals surface area contributed by atoms with E-state index in [4.69, 9.17) is 17.1 Å². The molecule has 0 aliphatic carbocycles. The molecule has 0 aliphatic rings. The van der Waals surface area contributed by atoms with Gasteiger partial charge < -0.3 is 13.8 Å². The number of rotatable bonds is 3. The average Bonchev–Trinajstić information content (AvgIpc) is 3.65. The van der Waals surface area contributed by atoms with Crippen LogP contribution in [-0.2, 0) is 20.1 Å². The van der Waals surface area contributed by atoms with E-state index in [9.17, 15) is 0 Å². The number of aryl methyl sites for hydroxylation is 2. The Bertz CT molecular complexity index is 2500. The van der Waals surface area contributed by atoms with Gasteiger partial charge in [-0.25, -0.2) is 0 Å². The molecule has 0 saturated carbocycles. The normalized spacial score (nSPS) is 14.0. The molecule has 0 saturated heterocycles. The van der Waals surface area contributed by atoms with E-state index in [1.54, 1.807) is 0 Å². The molecule has 4 heterocycles. The number of pyridine rings is 2. The first-order chi connectivity index (χ1) is 23.7. The molecule has 0 atom stereocenters. The summed E-state index contributed by atoms with van der Waals surface area (Å²) in [6.07, 6.45) is 3.14. The van der Waals surface area contributed by atoms with Crippen LogP contribution in [0.5, 0.6) is 0 Å². The van der Waals surface area contributed by atoms with Crippen molar-refractivity contribution in [3.8, 4) is 22.5 Å². The number of benzene rings is 4. The van der Waals surface area contributed by atoms with Gasteiger partial charge in [0.1, 0.15) is 11.2 Å². The average molecular weight is 832 g/mol. The number of para-hydroxylation sites is 2. The van der Waals surface area contributed by atoms with Crippen molar-refractivity contribution in [3.63, 3.8) is 0 Å². The second-order valence-corrected chi connectivity index (χ2v) is 22.3. The van der Waals surface area contributed by atoms with Crippen LogP contribution in [0, 0.1) is 25.8 Å². The number of nitrogens with zero attached hydrogens (tertiary/aromatic N) is 2. The minimum absolute atomic E-state index is 0. The van der Waals surface area contributed by atoms with Crippen LogP contribution >= 0.6 is 0 Å². The number of hydrogen-bond donors (Lipinski definition) is 0. The Hall–Kier alpha value is -4.03. The van der Waals surface area contributed by atoms with Crippen LogP contribution in [0.2, 0.25) is 17.3 Å². The van der Waals surface area contributed by atoms with E-state index in [1.807, 2.05) is 79.0 Å². The molecule has 6 heteroatoms. The van der Waals surface area contributed by atoms with Crippen molar-refractivity contribution in [3.05, 3.63) is 127 Å². The smallest absolute Gasteiger partial charge is 0 e. The molecular formula is C39H32GeIrN2O2-2. The predicted molar refractivity (Wildman–Crippen MR) is 184 cm³/mol. The summed E-state index contributed by atoms with van der Waals surface area (Å²) in [7, 11) is 0. The number of furan rings is 2. The molecule has 0 aliphatic heterocycles. The molecular weight excluding hydrogens is 793 g/mol. The maximum Gasteiger partial charge on any atom is 0 e. The van der Waals surface area contributed by atoms with Gasteiger partial charge in [-0.05, 0) is 53.3 Å². The number of fused-ring (bicyclic) bond motifs is 7. The van der Waals surface area contributed by atoms with E-state index < -0.39 is 27.0 Å². The fourth-order valence-electron chi connectivity index (χ4n) is 5.34. The summed E-state index contributed by atoms with van der Waals surface area (Å²) >= 11 is -1.72. The standard InChI is InChI=1S/C25H16NO2.C14H16GeN.Ir/c1-14-11-19(26-13-15(14)2)18-12-22-23(16-7-3-5-9-20(16)27-22)24-17-8-4-6-10-21(17)28-25(18)24;1-15(2,3)13-9-10-14(16-11-13)12-7-5-4-6-8-12;/h3-11,13H,1-2H3;4-7,9-11H,1-3H3;/q2*-1;/i1D3,2D3;;. The van der Waals surface area contributed by atoms with Crippen molar-refractivity contribution in [2.24, 2.45) is 0 Å². The Morgan fingerprint density at radius 3 is 2.07 bits per heavy atom. The van der Waals surface area contributed by atoms with E-state index in [0.29, 0.717) is 27.9 Å².